The van der Waals surface area contributed by atoms with Gasteiger partial charge in [0, 0.05) is 23.6 Å². The summed E-state index contributed by atoms with van der Waals surface area (Å²) < 4.78 is 0. The van der Waals surface area contributed by atoms with Crippen molar-refractivity contribution >= 4 is 23.8 Å². The van der Waals surface area contributed by atoms with Gasteiger partial charge in [-0.1, -0.05) is 64.8 Å². The van der Waals surface area contributed by atoms with Gasteiger partial charge in [-0.25, -0.2) is 0 Å². The van der Waals surface area contributed by atoms with Gasteiger partial charge in [0.05, 0.1) is 11.4 Å². The SMILES string of the molecule is CCCCc1cc(C=Nc2ccccc2N=Cc2cc(CCCC)cc(CC)c2O)c(O)c(CC)c1. The number of aromatic hydroxyl groups is 2. The molecule has 0 atom stereocenters. The smallest absolute Gasteiger partial charge is 0.127 e. The molecule has 4 heteroatoms. The van der Waals surface area contributed by atoms with E-state index in [1.165, 1.54) is 11.1 Å². The van der Waals surface area contributed by atoms with E-state index < -0.39 is 0 Å². The summed E-state index contributed by atoms with van der Waals surface area (Å²) in [6.45, 7) is 8.48. The number of unbranched alkanes of at least 4 members (excludes halogenated alkanes) is 2. The molecule has 36 heavy (non-hydrogen) atoms. The van der Waals surface area contributed by atoms with Crippen LogP contribution in [0.1, 0.15) is 86.8 Å². The van der Waals surface area contributed by atoms with Gasteiger partial charge in [-0.3, -0.25) is 9.98 Å². The Morgan fingerprint density at radius 1 is 0.639 bits per heavy atom. The van der Waals surface area contributed by atoms with Crippen LogP contribution in [0.2, 0.25) is 0 Å². The number of aliphatic imine (C=N–C) groups is 2. The summed E-state index contributed by atoms with van der Waals surface area (Å²) in [5.74, 6) is 0.590. The second kappa shape index (κ2) is 13.6. The summed E-state index contributed by atoms with van der Waals surface area (Å²) >= 11 is 0. The molecule has 2 N–H and O–H groups in total. The van der Waals surface area contributed by atoms with Crippen molar-refractivity contribution < 1.29 is 10.2 Å². The summed E-state index contributed by atoms with van der Waals surface area (Å²) in [4.78, 5) is 9.40. The summed E-state index contributed by atoms with van der Waals surface area (Å²) in [5, 5.41) is 21.5. The Labute approximate surface area is 216 Å². The molecule has 0 heterocycles. The average Bonchev–Trinajstić information content (AvgIpc) is 2.90. The van der Waals surface area contributed by atoms with Gasteiger partial charge in [0.1, 0.15) is 11.5 Å². The molecule has 0 amide bonds. The van der Waals surface area contributed by atoms with Crippen molar-refractivity contribution in [3.05, 3.63) is 81.9 Å². The van der Waals surface area contributed by atoms with E-state index in [0.717, 1.165) is 73.6 Å². The molecule has 0 radical (unpaired) electrons. The number of hydrogen-bond acceptors (Lipinski definition) is 4. The van der Waals surface area contributed by atoms with Crippen molar-refractivity contribution in [3.63, 3.8) is 0 Å². The lowest BCUT2D eigenvalue weighted by molar-refractivity contribution is 0.467. The minimum Gasteiger partial charge on any atom is -0.507 e. The van der Waals surface area contributed by atoms with E-state index in [2.05, 4.69) is 39.8 Å². The first-order valence-electron chi connectivity index (χ1n) is 13.4. The van der Waals surface area contributed by atoms with Gasteiger partial charge in [0.25, 0.3) is 0 Å². The van der Waals surface area contributed by atoms with Gasteiger partial charge >= 0.3 is 0 Å². The maximum absolute atomic E-state index is 10.8. The topological polar surface area (TPSA) is 65.2 Å². The standard InChI is InChI=1S/C32H40N2O2/c1-5-9-13-23-17-25(7-3)31(35)27(19-23)21-33-29-15-11-12-16-30(29)34-22-28-20-24(14-10-6-2)18-26(8-4)32(28)36/h11-12,15-22,35-36H,5-10,13-14H2,1-4H3. The lowest BCUT2D eigenvalue weighted by Crippen LogP contribution is -1.95. The van der Waals surface area contributed by atoms with Crippen molar-refractivity contribution in [2.45, 2.75) is 79.1 Å². The van der Waals surface area contributed by atoms with E-state index in [1.54, 1.807) is 12.4 Å². The minimum atomic E-state index is 0.295. The highest BCUT2D eigenvalue weighted by Gasteiger charge is 2.10. The molecule has 0 spiro atoms. The molecule has 0 aromatic heterocycles. The van der Waals surface area contributed by atoms with Crippen LogP contribution in [0, 0.1) is 0 Å². The predicted molar refractivity (Wildman–Crippen MR) is 153 cm³/mol. The number of para-hydroxylation sites is 2. The molecule has 3 aromatic rings. The number of benzene rings is 3. The van der Waals surface area contributed by atoms with E-state index in [-0.39, 0.29) is 0 Å². The Kier molecular flexibility index (Phi) is 10.3. The Bertz CT molecular complexity index is 1120. The van der Waals surface area contributed by atoms with Crippen molar-refractivity contribution in [3.8, 4) is 11.5 Å². The van der Waals surface area contributed by atoms with Crippen LogP contribution in [0.4, 0.5) is 11.4 Å². The molecule has 3 aromatic carbocycles. The summed E-state index contributed by atoms with van der Waals surface area (Å²) in [7, 11) is 0. The highest BCUT2D eigenvalue weighted by atomic mass is 16.3. The second-order valence-corrected chi connectivity index (χ2v) is 9.30. The molecule has 0 unspecified atom stereocenters. The maximum Gasteiger partial charge on any atom is 0.127 e. The number of aryl methyl sites for hydroxylation is 4. The first kappa shape index (κ1) is 27.2. The van der Waals surface area contributed by atoms with Crippen LogP contribution in [-0.4, -0.2) is 22.6 Å². The van der Waals surface area contributed by atoms with Crippen LogP contribution < -0.4 is 0 Å². The lowest BCUT2D eigenvalue weighted by Gasteiger charge is -2.10. The normalized spacial score (nSPS) is 11.7. The van der Waals surface area contributed by atoms with Crippen molar-refractivity contribution in [1.82, 2.24) is 0 Å². The van der Waals surface area contributed by atoms with Crippen LogP contribution in [-0.2, 0) is 25.7 Å². The Morgan fingerprint density at radius 2 is 1.06 bits per heavy atom. The zero-order valence-corrected chi connectivity index (χ0v) is 22.2. The number of nitrogens with zero attached hydrogens (tertiary/aromatic N) is 2. The number of rotatable bonds is 12. The third-order valence-corrected chi connectivity index (χ3v) is 6.52. The first-order chi connectivity index (χ1) is 17.5. The summed E-state index contributed by atoms with van der Waals surface area (Å²) in [6, 6.07) is 16.0. The van der Waals surface area contributed by atoms with Crippen LogP contribution in [0.5, 0.6) is 11.5 Å². The molecule has 0 aliphatic heterocycles. The zero-order valence-electron chi connectivity index (χ0n) is 22.2. The van der Waals surface area contributed by atoms with Gasteiger partial charge in [-0.05, 0) is 85.0 Å². The van der Waals surface area contributed by atoms with E-state index in [4.69, 9.17) is 9.98 Å². The summed E-state index contributed by atoms with van der Waals surface area (Å²) in [6.07, 6.45) is 11.5. The molecule has 4 nitrogen and oxygen atoms in total. The first-order valence-corrected chi connectivity index (χ1v) is 13.4. The quantitative estimate of drug-likeness (QED) is 0.253. The number of hydrogen-bond donors (Lipinski definition) is 2. The molecular formula is C32H40N2O2. The zero-order chi connectivity index (χ0) is 25.9. The van der Waals surface area contributed by atoms with E-state index in [0.29, 0.717) is 22.9 Å². The molecule has 0 aliphatic rings. The van der Waals surface area contributed by atoms with Crippen molar-refractivity contribution in [2.24, 2.45) is 9.98 Å². The molecule has 0 fully saturated rings. The fourth-order valence-corrected chi connectivity index (χ4v) is 4.32. The Hall–Kier alpha value is -3.40. The van der Waals surface area contributed by atoms with Gasteiger partial charge in [-0.15, -0.1) is 0 Å². The maximum atomic E-state index is 10.8. The second-order valence-electron chi connectivity index (χ2n) is 9.30. The highest BCUT2D eigenvalue weighted by molar-refractivity contribution is 5.90. The van der Waals surface area contributed by atoms with Gasteiger partial charge < -0.3 is 10.2 Å². The number of phenols is 2. The molecule has 0 aliphatic carbocycles. The fraction of sp³-hybridized carbons (Fsp3) is 0.375. The number of phenolic OH excluding ortho intramolecular Hbond substituents is 2. The average molecular weight is 485 g/mol. The van der Waals surface area contributed by atoms with Crippen LogP contribution >= 0.6 is 0 Å². The highest BCUT2D eigenvalue weighted by Crippen LogP contribution is 2.31. The largest absolute Gasteiger partial charge is 0.507 e. The lowest BCUT2D eigenvalue weighted by atomic mass is 9.99. The molecule has 0 saturated heterocycles. The molecule has 0 bridgehead atoms. The van der Waals surface area contributed by atoms with Crippen LogP contribution in [0.25, 0.3) is 0 Å². The van der Waals surface area contributed by atoms with Gasteiger partial charge in [0.2, 0.25) is 0 Å². The Balaban J connectivity index is 1.93. The Morgan fingerprint density at radius 3 is 1.42 bits per heavy atom. The van der Waals surface area contributed by atoms with Crippen LogP contribution in [0.15, 0.2) is 58.5 Å². The minimum absolute atomic E-state index is 0.295. The fourth-order valence-electron chi connectivity index (χ4n) is 4.32. The van der Waals surface area contributed by atoms with Crippen molar-refractivity contribution in [1.29, 1.82) is 0 Å². The van der Waals surface area contributed by atoms with E-state index in [1.807, 2.05) is 36.4 Å². The van der Waals surface area contributed by atoms with Gasteiger partial charge in [0.15, 0.2) is 0 Å². The van der Waals surface area contributed by atoms with E-state index in [9.17, 15) is 10.2 Å². The summed E-state index contributed by atoms with van der Waals surface area (Å²) in [5.41, 5.74) is 7.23. The predicted octanol–water partition coefficient (Wildman–Crippen LogP) is 8.41. The molecule has 3 rings (SSSR count). The van der Waals surface area contributed by atoms with Crippen LogP contribution in [0.3, 0.4) is 0 Å². The van der Waals surface area contributed by atoms with Crippen molar-refractivity contribution in [2.75, 3.05) is 0 Å². The van der Waals surface area contributed by atoms with E-state index >= 15 is 0 Å². The monoisotopic (exact) mass is 484 g/mol. The molecule has 190 valence electrons. The third-order valence-electron chi connectivity index (χ3n) is 6.52. The van der Waals surface area contributed by atoms with Gasteiger partial charge in [-0.2, -0.15) is 0 Å². The third kappa shape index (κ3) is 7.07. The molecule has 0 saturated carbocycles. The molecular weight excluding hydrogens is 444 g/mol.